The van der Waals surface area contributed by atoms with Crippen LogP contribution in [0.5, 0.6) is 0 Å². The normalized spacial score (nSPS) is 17.4. The molecule has 15 heavy (non-hydrogen) atoms. The quantitative estimate of drug-likeness (QED) is 0.565. The van der Waals surface area contributed by atoms with Crippen molar-refractivity contribution in [3.05, 3.63) is 0 Å². The fourth-order valence-corrected chi connectivity index (χ4v) is 3.75. The molecular weight excluding hydrogens is 204 g/mol. The number of unbranched alkanes of at least 4 members (excludes halogenated alkanes) is 1. The van der Waals surface area contributed by atoms with Crippen molar-refractivity contribution in [1.29, 1.82) is 0 Å². The van der Waals surface area contributed by atoms with Gasteiger partial charge in [-0.2, -0.15) is 0 Å². The smallest absolute Gasteiger partial charge is 0.321 e. The van der Waals surface area contributed by atoms with Crippen molar-refractivity contribution in [3.63, 3.8) is 0 Å². The van der Waals surface area contributed by atoms with Crippen molar-refractivity contribution in [2.45, 2.75) is 78.6 Å². The minimum atomic E-state index is -1.40. The monoisotopic (exact) mass is 232 g/mol. The Morgan fingerprint density at radius 3 is 1.73 bits per heavy atom. The van der Waals surface area contributed by atoms with Gasteiger partial charge in [0.25, 0.3) is 0 Å². The fraction of sp³-hybridized carbons (Fsp3) is 1.00. The molecule has 0 saturated carbocycles. The highest BCUT2D eigenvalue weighted by Gasteiger charge is 2.18. The highest BCUT2D eigenvalue weighted by atomic mass is 28.3. The van der Waals surface area contributed by atoms with Gasteiger partial charge in [-0.15, -0.1) is 0 Å². The van der Waals surface area contributed by atoms with Gasteiger partial charge >= 0.3 is 9.28 Å². The Bertz CT molecular complexity index is 130. The molecule has 0 aromatic rings. The second-order valence-corrected chi connectivity index (χ2v) is 6.26. The van der Waals surface area contributed by atoms with Crippen LogP contribution in [0.25, 0.3) is 0 Å². The van der Waals surface area contributed by atoms with Crippen LogP contribution in [0.4, 0.5) is 0 Å². The first-order chi connectivity index (χ1) is 7.13. The van der Waals surface area contributed by atoms with Gasteiger partial charge in [-0.3, -0.25) is 0 Å². The van der Waals surface area contributed by atoms with E-state index in [0.29, 0.717) is 12.2 Å². The topological polar surface area (TPSA) is 18.5 Å². The lowest BCUT2D eigenvalue weighted by atomic mass is 10.3. The molecule has 0 bridgehead atoms. The molecule has 0 rings (SSSR count). The van der Waals surface area contributed by atoms with Crippen LogP contribution in [0, 0.1) is 0 Å². The second-order valence-electron chi connectivity index (χ2n) is 4.28. The van der Waals surface area contributed by atoms with Crippen LogP contribution < -0.4 is 0 Å². The molecular formula is C12H28O2Si. The molecule has 2 nitrogen and oxygen atoms in total. The van der Waals surface area contributed by atoms with E-state index in [0.717, 1.165) is 18.9 Å². The molecule has 0 saturated heterocycles. The van der Waals surface area contributed by atoms with Crippen molar-refractivity contribution >= 4 is 9.28 Å². The zero-order chi connectivity index (χ0) is 11.7. The third-order valence-corrected chi connectivity index (χ3v) is 5.13. The maximum absolute atomic E-state index is 5.99. The van der Waals surface area contributed by atoms with Crippen molar-refractivity contribution in [3.8, 4) is 0 Å². The largest absolute Gasteiger partial charge is 0.394 e. The molecule has 0 aromatic carbocycles. The van der Waals surface area contributed by atoms with Crippen molar-refractivity contribution < 1.29 is 8.85 Å². The molecule has 0 amide bonds. The van der Waals surface area contributed by atoms with E-state index in [9.17, 15) is 0 Å². The van der Waals surface area contributed by atoms with Crippen molar-refractivity contribution in [2.24, 2.45) is 0 Å². The van der Waals surface area contributed by atoms with E-state index in [1.807, 2.05) is 0 Å². The third kappa shape index (κ3) is 8.00. The van der Waals surface area contributed by atoms with Crippen LogP contribution >= 0.6 is 0 Å². The summed E-state index contributed by atoms with van der Waals surface area (Å²) in [4.78, 5) is 0. The van der Waals surface area contributed by atoms with E-state index < -0.39 is 9.28 Å². The van der Waals surface area contributed by atoms with E-state index in [1.165, 1.54) is 12.8 Å². The van der Waals surface area contributed by atoms with Crippen LogP contribution in [-0.4, -0.2) is 21.5 Å². The highest BCUT2D eigenvalue weighted by molar-refractivity contribution is 6.44. The number of hydrogen-bond acceptors (Lipinski definition) is 2. The molecule has 0 fully saturated rings. The molecule has 2 unspecified atom stereocenters. The first-order valence-corrected chi connectivity index (χ1v) is 8.20. The Morgan fingerprint density at radius 1 is 0.933 bits per heavy atom. The highest BCUT2D eigenvalue weighted by Crippen LogP contribution is 2.11. The Labute approximate surface area is 97.2 Å². The summed E-state index contributed by atoms with van der Waals surface area (Å²) in [5.74, 6) is 0. The van der Waals surface area contributed by atoms with Gasteiger partial charge in [-0.25, -0.2) is 0 Å². The van der Waals surface area contributed by atoms with Crippen LogP contribution in [-0.2, 0) is 8.85 Å². The first kappa shape index (κ1) is 15.1. The second kappa shape index (κ2) is 9.37. The average Bonchev–Trinajstić information content (AvgIpc) is 2.25. The number of rotatable bonds is 9. The molecule has 0 radical (unpaired) electrons. The van der Waals surface area contributed by atoms with Crippen molar-refractivity contribution in [2.75, 3.05) is 0 Å². The van der Waals surface area contributed by atoms with Gasteiger partial charge in [0.1, 0.15) is 0 Å². The summed E-state index contributed by atoms with van der Waals surface area (Å²) in [6.07, 6.45) is 5.37. The lowest BCUT2D eigenvalue weighted by Gasteiger charge is -2.23. The van der Waals surface area contributed by atoms with E-state index >= 15 is 0 Å². The zero-order valence-electron chi connectivity index (χ0n) is 11.1. The molecule has 0 aliphatic rings. The lowest BCUT2D eigenvalue weighted by molar-refractivity contribution is 0.110. The zero-order valence-corrected chi connectivity index (χ0v) is 12.2. The molecule has 0 spiro atoms. The predicted octanol–water partition coefficient (Wildman–Crippen LogP) is 3.64. The summed E-state index contributed by atoms with van der Waals surface area (Å²) >= 11 is 0. The van der Waals surface area contributed by atoms with E-state index in [-0.39, 0.29) is 0 Å². The molecule has 2 atom stereocenters. The summed E-state index contributed by atoms with van der Waals surface area (Å²) < 4.78 is 12.0. The van der Waals surface area contributed by atoms with Crippen LogP contribution in [0.1, 0.15) is 60.3 Å². The van der Waals surface area contributed by atoms with Gasteiger partial charge in [0.15, 0.2) is 0 Å². The molecule has 0 N–H and O–H groups in total. The Hall–Kier alpha value is 0.137. The average molecular weight is 232 g/mol. The third-order valence-electron chi connectivity index (χ3n) is 2.71. The van der Waals surface area contributed by atoms with E-state index in [1.54, 1.807) is 0 Å². The maximum atomic E-state index is 5.99. The SMILES string of the molecule is CCCC[SiH](OC(C)CC)OC(C)CC. The van der Waals surface area contributed by atoms with Gasteiger partial charge in [-0.05, 0) is 32.7 Å². The molecule has 0 aliphatic carbocycles. The van der Waals surface area contributed by atoms with E-state index in [2.05, 4.69) is 34.6 Å². The minimum absolute atomic E-state index is 0.363. The summed E-state index contributed by atoms with van der Waals surface area (Å²) in [6.45, 7) is 10.8. The molecule has 92 valence electrons. The lowest BCUT2D eigenvalue weighted by Crippen LogP contribution is -2.30. The Morgan fingerprint density at radius 2 is 1.40 bits per heavy atom. The predicted molar refractivity (Wildman–Crippen MR) is 68.5 cm³/mol. The van der Waals surface area contributed by atoms with Crippen LogP contribution in [0.2, 0.25) is 6.04 Å². The molecule has 0 aromatic heterocycles. The van der Waals surface area contributed by atoms with Gasteiger partial charge in [0, 0.05) is 12.2 Å². The van der Waals surface area contributed by atoms with Crippen molar-refractivity contribution in [1.82, 2.24) is 0 Å². The number of hydrogen-bond donors (Lipinski definition) is 0. The van der Waals surface area contributed by atoms with Gasteiger partial charge < -0.3 is 8.85 Å². The Kier molecular flexibility index (Phi) is 9.45. The van der Waals surface area contributed by atoms with Gasteiger partial charge in [-0.1, -0.05) is 33.6 Å². The van der Waals surface area contributed by atoms with E-state index in [4.69, 9.17) is 8.85 Å². The Balaban J connectivity index is 3.93. The summed E-state index contributed by atoms with van der Waals surface area (Å²) in [6, 6.07) is 1.16. The standard InChI is InChI=1S/C12H28O2Si/c1-6-9-10-15(13-11(4)7-2)14-12(5)8-3/h11-12,15H,6-10H2,1-5H3. The van der Waals surface area contributed by atoms with Crippen LogP contribution in [0.3, 0.4) is 0 Å². The molecule has 0 aliphatic heterocycles. The summed E-state index contributed by atoms with van der Waals surface area (Å²) in [5.41, 5.74) is 0. The molecule has 3 heteroatoms. The maximum Gasteiger partial charge on any atom is 0.321 e. The molecule has 0 heterocycles. The minimum Gasteiger partial charge on any atom is -0.394 e. The summed E-state index contributed by atoms with van der Waals surface area (Å²) in [7, 11) is -1.40. The van der Waals surface area contributed by atoms with Gasteiger partial charge in [0.2, 0.25) is 0 Å². The van der Waals surface area contributed by atoms with Gasteiger partial charge in [0.05, 0.1) is 0 Å². The van der Waals surface area contributed by atoms with Crippen LogP contribution in [0.15, 0.2) is 0 Å². The summed E-state index contributed by atoms with van der Waals surface area (Å²) in [5, 5.41) is 0. The first-order valence-electron chi connectivity index (χ1n) is 6.44. The fourth-order valence-electron chi connectivity index (χ4n) is 1.25.